The molecule has 2 aliphatic heterocycles. The van der Waals surface area contributed by atoms with E-state index in [9.17, 15) is 14.7 Å². The monoisotopic (exact) mass is 627 g/mol. The molecule has 5 heterocycles. The average molecular weight is 628 g/mol. The van der Waals surface area contributed by atoms with Crippen LogP contribution in [0.5, 0.6) is 0 Å². The van der Waals surface area contributed by atoms with Crippen molar-refractivity contribution < 1.29 is 14.3 Å². The summed E-state index contributed by atoms with van der Waals surface area (Å²) >= 11 is 1.56. The Labute approximate surface area is 266 Å². The highest BCUT2D eigenvalue weighted by molar-refractivity contribution is 7.14. The number of likely N-dealkylation sites (tertiary alicyclic amines) is 1. The Hall–Kier alpha value is -3.86. The van der Waals surface area contributed by atoms with Crippen molar-refractivity contribution in [3.63, 3.8) is 0 Å². The number of fused-ring (bicyclic) bond motifs is 3. The quantitative estimate of drug-likeness (QED) is 0.276. The van der Waals surface area contributed by atoms with Crippen LogP contribution in [0.3, 0.4) is 0 Å². The zero-order valence-electron chi connectivity index (χ0n) is 26.1. The van der Waals surface area contributed by atoms with Crippen LogP contribution >= 0.6 is 11.3 Å². The van der Waals surface area contributed by atoms with E-state index in [0.717, 1.165) is 42.9 Å². The maximum atomic E-state index is 15.3. The Kier molecular flexibility index (Phi) is 7.42. The number of carbonyl (C=O) groups excluding carboxylic acids is 1. The number of aromatic nitrogens is 2. The smallest absolute Gasteiger partial charge is 0.274 e. The minimum atomic E-state index is -0.524. The van der Waals surface area contributed by atoms with Crippen molar-refractivity contribution in [1.82, 2.24) is 14.5 Å². The molecule has 234 valence electrons. The molecule has 0 saturated carbocycles. The van der Waals surface area contributed by atoms with Gasteiger partial charge in [-0.15, -0.1) is 11.3 Å². The van der Waals surface area contributed by atoms with Gasteiger partial charge < -0.3 is 24.8 Å². The van der Waals surface area contributed by atoms with Crippen molar-refractivity contribution in [3.8, 4) is 11.1 Å². The van der Waals surface area contributed by atoms with Gasteiger partial charge in [-0.05, 0) is 77.7 Å². The number of hydrogen-bond donors (Lipinski definition) is 2. The number of benzene rings is 1. The maximum absolute atomic E-state index is 15.3. The Morgan fingerprint density at radius 3 is 2.64 bits per heavy atom. The summed E-state index contributed by atoms with van der Waals surface area (Å²) in [5.41, 5.74) is 5.59. The van der Waals surface area contributed by atoms with Crippen molar-refractivity contribution in [2.24, 2.45) is 12.5 Å². The fourth-order valence-corrected chi connectivity index (χ4v) is 8.70. The summed E-state index contributed by atoms with van der Waals surface area (Å²) in [4.78, 5) is 37.5. The fraction of sp³-hybridized carbons (Fsp3) is 0.400. The normalized spacial score (nSPS) is 17.7. The van der Waals surface area contributed by atoms with E-state index < -0.39 is 12.4 Å². The topological polar surface area (TPSA) is 90.7 Å². The number of nitrogens with one attached hydrogen (secondary N) is 1. The predicted octanol–water partition coefficient (Wildman–Crippen LogP) is 5.63. The van der Waals surface area contributed by atoms with Gasteiger partial charge in [0.2, 0.25) is 0 Å². The number of likely N-dealkylation sites (N-methyl/N-ethyl adjacent to an activating group) is 1. The molecule has 10 heteroatoms. The second-order valence-electron chi connectivity index (χ2n) is 13.4. The molecule has 3 aromatic heterocycles. The number of hydrogen-bond acceptors (Lipinski definition) is 7. The molecule has 1 saturated heterocycles. The third-order valence-electron chi connectivity index (χ3n) is 9.58. The zero-order chi connectivity index (χ0) is 31.6. The molecule has 0 bridgehead atoms. The lowest BCUT2D eigenvalue weighted by Crippen LogP contribution is -2.44. The first-order valence-electron chi connectivity index (χ1n) is 15.6. The number of aryl methyl sites for hydroxylation is 1. The van der Waals surface area contributed by atoms with Crippen molar-refractivity contribution in [2.75, 3.05) is 36.4 Å². The molecule has 1 fully saturated rings. The number of amides is 1. The van der Waals surface area contributed by atoms with E-state index in [1.54, 1.807) is 35.5 Å². The van der Waals surface area contributed by atoms with Crippen molar-refractivity contribution in [1.29, 1.82) is 0 Å². The molecule has 0 unspecified atom stereocenters. The van der Waals surface area contributed by atoms with Gasteiger partial charge in [0.05, 0.1) is 17.2 Å². The van der Waals surface area contributed by atoms with E-state index in [1.807, 2.05) is 18.3 Å². The number of carbonyl (C=O) groups is 1. The summed E-state index contributed by atoms with van der Waals surface area (Å²) < 4.78 is 16.8. The highest BCUT2D eigenvalue weighted by atomic mass is 32.1. The molecule has 1 aliphatic carbocycles. The largest absolute Gasteiger partial charge is 0.392 e. The first kappa shape index (κ1) is 29.8. The number of thiophene rings is 1. The third-order valence-corrected chi connectivity index (χ3v) is 10.8. The third kappa shape index (κ3) is 5.28. The first-order valence-corrected chi connectivity index (χ1v) is 16.4. The van der Waals surface area contributed by atoms with Crippen LogP contribution in [0.15, 0.2) is 47.5 Å². The van der Waals surface area contributed by atoms with Gasteiger partial charge in [0, 0.05) is 61.0 Å². The van der Waals surface area contributed by atoms with E-state index in [0.29, 0.717) is 47.1 Å². The molecule has 0 atom stereocenters. The molecule has 45 heavy (non-hydrogen) atoms. The predicted molar refractivity (Wildman–Crippen MR) is 176 cm³/mol. The Morgan fingerprint density at radius 2 is 1.93 bits per heavy atom. The standard InChI is InChI=1S/C35H38FN5O3S/c1-5-40-17-22(18-40)20-6-7-31(37-15-20)38-28-10-21(16-39(4)33(28)43)25-11-23(36)12-29(27(25)19-42)41-9-8-24-26-13-35(2,3)14-30(26)45-32(24)34(41)44/h6-7,10-12,15-16,22,42H,5,8-9,13-14,17-19H2,1-4H3,(H,37,38). The van der Waals surface area contributed by atoms with Crippen molar-refractivity contribution >= 4 is 34.4 Å². The summed E-state index contributed by atoms with van der Waals surface area (Å²) in [7, 11) is 1.63. The molecular weight excluding hydrogens is 589 g/mol. The van der Waals surface area contributed by atoms with E-state index in [-0.39, 0.29) is 22.6 Å². The highest BCUT2D eigenvalue weighted by Gasteiger charge is 2.38. The second-order valence-corrected chi connectivity index (χ2v) is 14.5. The molecule has 0 radical (unpaired) electrons. The molecule has 3 aliphatic rings. The van der Waals surface area contributed by atoms with Gasteiger partial charge in [-0.25, -0.2) is 9.37 Å². The fourth-order valence-electron chi connectivity index (χ4n) is 7.12. The molecule has 1 amide bonds. The van der Waals surface area contributed by atoms with Gasteiger partial charge in [-0.1, -0.05) is 26.8 Å². The Morgan fingerprint density at radius 1 is 1.13 bits per heavy atom. The molecule has 2 N–H and O–H groups in total. The summed E-state index contributed by atoms with van der Waals surface area (Å²) in [5, 5.41) is 13.8. The van der Waals surface area contributed by atoms with Gasteiger partial charge in [-0.3, -0.25) is 9.59 Å². The minimum absolute atomic E-state index is 0.152. The molecular formula is C35H38FN5O3S. The van der Waals surface area contributed by atoms with E-state index in [1.165, 1.54) is 32.7 Å². The minimum Gasteiger partial charge on any atom is -0.392 e. The molecule has 1 aromatic carbocycles. The SMILES string of the molecule is CCN1CC(c2ccc(Nc3cc(-c4cc(F)cc(N5CCc6c(sc7c6CC(C)(C)C7)C5=O)c4CO)cn(C)c3=O)nc2)C1. The lowest BCUT2D eigenvalue weighted by atomic mass is 9.89. The number of nitrogens with zero attached hydrogens (tertiary/aromatic N) is 4. The second kappa shape index (κ2) is 11.2. The van der Waals surface area contributed by atoms with Crippen LogP contribution in [-0.2, 0) is 32.9 Å². The van der Waals surface area contributed by atoms with Crippen molar-refractivity contribution in [3.05, 3.63) is 90.9 Å². The Bertz CT molecular complexity index is 1870. The van der Waals surface area contributed by atoms with Gasteiger partial charge in [0.15, 0.2) is 0 Å². The van der Waals surface area contributed by atoms with Crippen LogP contribution in [0.25, 0.3) is 11.1 Å². The van der Waals surface area contributed by atoms with Gasteiger partial charge in [0.25, 0.3) is 11.5 Å². The van der Waals surface area contributed by atoms with Crippen LogP contribution in [0.4, 0.5) is 21.6 Å². The lowest BCUT2D eigenvalue weighted by Gasteiger charge is -2.38. The molecule has 4 aromatic rings. The lowest BCUT2D eigenvalue weighted by molar-refractivity contribution is 0.0984. The number of halogens is 1. The number of aliphatic hydroxyl groups excluding tert-OH is 1. The van der Waals surface area contributed by atoms with Crippen LogP contribution in [0.2, 0.25) is 0 Å². The summed E-state index contributed by atoms with van der Waals surface area (Å²) in [5.74, 6) is 0.321. The maximum Gasteiger partial charge on any atom is 0.274 e. The summed E-state index contributed by atoms with van der Waals surface area (Å²) in [6, 6.07) is 8.24. The number of rotatable bonds is 7. The van der Waals surface area contributed by atoms with E-state index in [4.69, 9.17) is 0 Å². The van der Waals surface area contributed by atoms with E-state index >= 15 is 4.39 Å². The highest BCUT2D eigenvalue weighted by Crippen LogP contribution is 2.46. The first-order chi connectivity index (χ1) is 21.5. The molecule has 0 spiro atoms. The van der Waals surface area contributed by atoms with Crippen LogP contribution in [0.1, 0.15) is 63.5 Å². The van der Waals surface area contributed by atoms with Gasteiger partial charge >= 0.3 is 0 Å². The van der Waals surface area contributed by atoms with Crippen LogP contribution in [0, 0.1) is 11.2 Å². The zero-order valence-corrected chi connectivity index (χ0v) is 26.9. The van der Waals surface area contributed by atoms with Crippen LogP contribution < -0.4 is 15.8 Å². The number of aliphatic hydroxyl groups is 1. The summed E-state index contributed by atoms with van der Waals surface area (Å²) in [6.45, 7) is 9.76. The summed E-state index contributed by atoms with van der Waals surface area (Å²) in [6.07, 6.45) is 6.09. The van der Waals surface area contributed by atoms with E-state index in [2.05, 4.69) is 36.0 Å². The number of pyridine rings is 2. The average Bonchev–Trinajstić information content (AvgIpc) is 3.47. The Balaban J connectivity index is 1.20. The van der Waals surface area contributed by atoms with Crippen molar-refractivity contribution in [2.45, 2.75) is 52.6 Å². The van der Waals surface area contributed by atoms with Gasteiger partial charge in [0.1, 0.15) is 17.3 Å². The number of anilines is 3. The van der Waals surface area contributed by atoms with Gasteiger partial charge in [-0.2, -0.15) is 0 Å². The molecule has 8 nitrogen and oxygen atoms in total. The molecule has 7 rings (SSSR count). The van der Waals surface area contributed by atoms with Crippen LogP contribution in [-0.4, -0.2) is 51.6 Å².